The van der Waals surface area contributed by atoms with Gasteiger partial charge >= 0.3 is 5.97 Å². The van der Waals surface area contributed by atoms with Crippen LogP contribution in [-0.4, -0.2) is 12.6 Å². The summed E-state index contributed by atoms with van der Waals surface area (Å²) in [5, 5.41) is 10.3. The minimum atomic E-state index is -0.442. The molecule has 0 unspecified atom stereocenters. The van der Waals surface area contributed by atoms with Crippen LogP contribution in [0.25, 0.3) is 11.1 Å². The topological polar surface area (TPSA) is 50.1 Å². The van der Waals surface area contributed by atoms with E-state index in [0.29, 0.717) is 4.88 Å². The fourth-order valence-corrected chi connectivity index (χ4v) is 2.40. The fraction of sp³-hybridized carbons (Fsp3) is 0.143. The number of rotatable bonds is 3. The molecular formula is C14H11NO2S. The zero-order valence-corrected chi connectivity index (χ0v) is 10.7. The number of nitriles is 1. The third kappa shape index (κ3) is 2.58. The third-order valence-electron chi connectivity index (χ3n) is 2.48. The zero-order valence-electron chi connectivity index (χ0n) is 9.84. The van der Waals surface area contributed by atoms with Gasteiger partial charge in [-0.15, -0.1) is 11.3 Å². The highest BCUT2D eigenvalue weighted by Gasteiger charge is 2.15. The van der Waals surface area contributed by atoms with Gasteiger partial charge in [0.15, 0.2) is 6.61 Å². The molecule has 0 N–H and O–H groups in total. The van der Waals surface area contributed by atoms with Crippen molar-refractivity contribution in [1.29, 1.82) is 5.26 Å². The molecular weight excluding hydrogens is 246 g/mol. The molecule has 18 heavy (non-hydrogen) atoms. The number of ether oxygens (including phenoxy) is 1. The van der Waals surface area contributed by atoms with Crippen LogP contribution in [0.4, 0.5) is 0 Å². The van der Waals surface area contributed by atoms with Gasteiger partial charge in [0.2, 0.25) is 0 Å². The van der Waals surface area contributed by atoms with E-state index in [2.05, 4.69) is 0 Å². The van der Waals surface area contributed by atoms with Crippen molar-refractivity contribution in [3.8, 4) is 17.2 Å². The average Bonchev–Trinajstić information content (AvgIpc) is 2.86. The lowest BCUT2D eigenvalue weighted by atomic mass is 10.1. The zero-order chi connectivity index (χ0) is 13.0. The Hall–Kier alpha value is -2.12. The van der Waals surface area contributed by atoms with E-state index in [1.807, 2.05) is 42.6 Å². The van der Waals surface area contributed by atoms with Crippen LogP contribution in [-0.2, 0) is 4.74 Å². The average molecular weight is 257 g/mol. The monoisotopic (exact) mass is 257 g/mol. The Labute approximate surface area is 109 Å². The summed E-state index contributed by atoms with van der Waals surface area (Å²) in [5.41, 5.74) is 3.00. The largest absolute Gasteiger partial charge is 0.446 e. The van der Waals surface area contributed by atoms with Crippen molar-refractivity contribution >= 4 is 17.3 Å². The lowest BCUT2D eigenvalue weighted by molar-refractivity contribution is 0.0561. The Morgan fingerprint density at radius 2 is 2.06 bits per heavy atom. The first-order valence-electron chi connectivity index (χ1n) is 5.41. The molecule has 0 amide bonds. The number of nitrogens with zero attached hydrogens (tertiary/aromatic N) is 1. The summed E-state index contributed by atoms with van der Waals surface area (Å²) in [6.07, 6.45) is 0. The van der Waals surface area contributed by atoms with E-state index < -0.39 is 5.97 Å². The van der Waals surface area contributed by atoms with Crippen molar-refractivity contribution < 1.29 is 9.53 Å². The number of hydrogen-bond acceptors (Lipinski definition) is 4. The highest BCUT2D eigenvalue weighted by atomic mass is 32.1. The van der Waals surface area contributed by atoms with E-state index in [1.165, 1.54) is 16.9 Å². The first-order chi connectivity index (χ1) is 8.72. The van der Waals surface area contributed by atoms with Gasteiger partial charge in [-0.25, -0.2) is 4.79 Å². The van der Waals surface area contributed by atoms with Gasteiger partial charge in [-0.2, -0.15) is 5.26 Å². The van der Waals surface area contributed by atoms with Crippen molar-refractivity contribution in [3.63, 3.8) is 0 Å². The lowest BCUT2D eigenvalue weighted by Gasteiger charge is -2.03. The van der Waals surface area contributed by atoms with Gasteiger partial charge in [0.05, 0.1) is 0 Å². The van der Waals surface area contributed by atoms with Crippen molar-refractivity contribution in [2.45, 2.75) is 6.92 Å². The molecule has 0 fully saturated rings. The molecule has 2 rings (SSSR count). The standard InChI is InChI=1S/C14H11NO2S/c1-10-2-4-11(5-3-10)12-6-9-18-13(12)14(16)17-8-7-15/h2-6,9H,8H2,1H3. The predicted molar refractivity (Wildman–Crippen MR) is 70.4 cm³/mol. The Balaban J connectivity index is 2.30. The van der Waals surface area contributed by atoms with Gasteiger partial charge in [0.25, 0.3) is 0 Å². The second-order valence-corrected chi connectivity index (χ2v) is 4.68. The van der Waals surface area contributed by atoms with Crippen LogP contribution in [0.3, 0.4) is 0 Å². The minimum Gasteiger partial charge on any atom is -0.446 e. The molecule has 0 saturated carbocycles. The summed E-state index contributed by atoms with van der Waals surface area (Å²) in [5.74, 6) is -0.442. The SMILES string of the molecule is Cc1ccc(-c2ccsc2C(=O)OCC#N)cc1. The molecule has 0 saturated heterocycles. The number of carbonyl (C=O) groups is 1. The highest BCUT2D eigenvalue weighted by Crippen LogP contribution is 2.29. The van der Waals surface area contributed by atoms with Crippen LogP contribution in [0, 0.1) is 18.3 Å². The summed E-state index contributed by atoms with van der Waals surface area (Å²) in [6, 6.07) is 11.6. The maximum atomic E-state index is 11.8. The van der Waals surface area contributed by atoms with Gasteiger partial charge in [-0.05, 0) is 23.9 Å². The first-order valence-corrected chi connectivity index (χ1v) is 6.29. The molecule has 4 heteroatoms. The molecule has 0 spiro atoms. The molecule has 1 aromatic heterocycles. The van der Waals surface area contributed by atoms with Crippen molar-refractivity contribution in [2.24, 2.45) is 0 Å². The van der Waals surface area contributed by atoms with Crippen LogP contribution < -0.4 is 0 Å². The molecule has 0 aliphatic heterocycles. The molecule has 0 aliphatic carbocycles. The van der Waals surface area contributed by atoms with Crippen LogP contribution >= 0.6 is 11.3 Å². The molecule has 3 nitrogen and oxygen atoms in total. The van der Waals surface area contributed by atoms with Gasteiger partial charge in [0.1, 0.15) is 10.9 Å². The summed E-state index contributed by atoms with van der Waals surface area (Å²) in [4.78, 5) is 12.3. The lowest BCUT2D eigenvalue weighted by Crippen LogP contribution is -2.04. The number of hydrogen-bond donors (Lipinski definition) is 0. The molecule has 0 radical (unpaired) electrons. The maximum Gasteiger partial charge on any atom is 0.349 e. The second-order valence-electron chi connectivity index (χ2n) is 3.76. The Morgan fingerprint density at radius 3 is 2.72 bits per heavy atom. The maximum absolute atomic E-state index is 11.8. The number of aryl methyl sites for hydroxylation is 1. The number of esters is 1. The number of carbonyl (C=O) groups excluding carboxylic acids is 1. The van der Waals surface area contributed by atoms with Crippen LogP contribution in [0.5, 0.6) is 0 Å². The summed E-state index contributed by atoms with van der Waals surface area (Å²) in [7, 11) is 0. The molecule has 0 bridgehead atoms. The summed E-state index contributed by atoms with van der Waals surface area (Å²) >= 11 is 1.32. The van der Waals surface area contributed by atoms with E-state index >= 15 is 0 Å². The van der Waals surface area contributed by atoms with E-state index in [-0.39, 0.29) is 6.61 Å². The summed E-state index contributed by atoms with van der Waals surface area (Å²) < 4.78 is 4.83. The first kappa shape index (κ1) is 12.3. The fourth-order valence-electron chi connectivity index (χ4n) is 1.59. The van der Waals surface area contributed by atoms with Crippen molar-refractivity contribution in [2.75, 3.05) is 6.61 Å². The third-order valence-corrected chi connectivity index (χ3v) is 3.38. The van der Waals surface area contributed by atoms with Gasteiger partial charge in [-0.1, -0.05) is 29.8 Å². The van der Waals surface area contributed by atoms with Crippen molar-refractivity contribution in [3.05, 3.63) is 46.2 Å². The molecule has 1 aromatic carbocycles. The Kier molecular flexibility index (Phi) is 3.75. The second kappa shape index (κ2) is 5.48. The van der Waals surface area contributed by atoms with Gasteiger partial charge in [0, 0.05) is 5.56 Å². The Morgan fingerprint density at radius 1 is 1.33 bits per heavy atom. The predicted octanol–water partition coefficient (Wildman–Crippen LogP) is 3.40. The molecule has 2 aromatic rings. The normalized spacial score (nSPS) is 9.78. The van der Waals surface area contributed by atoms with Crippen LogP contribution in [0.1, 0.15) is 15.2 Å². The van der Waals surface area contributed by atoms with Crippen LogP contribution in [0.15, 0.2) is 35.7 Å². The van der Waals surface area contributed by atoms with E-state index in [0.717, 1.165) is 11.1 Å². The minimum absolute atomic E-state index is 0.218. The number of thiophene rings is 1. The smallest absolute Gasteiger partial charge is 0.349 e. The Bertz CT molecular complexity index is 593. The van der Waals surface area contributed by atoms with E-state index in [9.17, 15) is 4.79 Å². The molecule has 0 aliphatic rings. The van der Waals surface area contributed by atoms with Gasteiger partial charge < -0.3 is 4.74 Å². The molecule has 90 valence electrons. The quantitative estimate of drug-likeness (QED) is 0.792. The van der Waals surface area contributed by atoms with E-state index in [1.54, 1.807) is 6.07 Å². The highest BCUT2D eigenvalue weighted by molar-refractivity contribution is 7.12. The van der Waals surface area contributed by atoms with Crippen molar-refractivity contribution in [1.82, 2.24) is 0 Å². The summed E-state index contributed by atoms with van der Waals surface area (Å²) in [6.45, 7) is 1.80. The molecule has 1 heterocycles. The number of benzene rings is 1. The van der Waals surface area contributed by atoms with Gasteiger partial charge in [-0.3, -0.25) is 0 Å². The molecule has 0 atom stereocenters. The van der Waals surface area contributed by atoms with Crippen LogP contribution in [0.2, 0.25) is 0 Å². The van der Waals surface area contributed by atoms with E-state index in [4.69, 9.17) is 10.00 Å².